The Morgan fingerprint density at radius 3 is 2.82 bits per heavy atom. The quantitative estimate of drug-likeness (QED) is 0.784. The third-order valence-electron chi connectivity index (χ3n) is 3.16. The summed E-state index contributed by atoms with van der Waals surface area (Å²) in [6, 6.07) is 0. The smallest absolute Gasteiger partial charge is 0.142 e. The van der Waals surface area contributed by atoms with Gasteiger partial charge < -0.3 is 15.7 Å². The van der Waals surface area contributed by atoms with Gasteiger partial charge in [0.2, 0.25) is 0 Å². The Labute approximate surface area is 107 Å². The minimum atomic E-state index is 0.186. The molecule has 0 bridgehead atoms. The van der Waals surface area contributed by atoms with Crippen molar-refractivity contribution in [3.63, 3.8) is 0 Å². The molecule has 0 aromatic carbocycles. The topological polar surface area (TPSA) is 62.4 Å². The van der Waals surface area contributed by atoms with Gasteiger partial charge in [-0.1, -0.05) is 13.3 Å². The summed E-state index contributed by atoms with van der Waals surface area (Å²) in [7, 11) is 0. The highest BCUT2D eigenvalue weighted by Crippen LogP contribution is 2.48. The van der Waals surface area contributed by atoms with Crippen molar-refractivity contribution >= 4 is 22.4 Å². The first-order valence-corrected chi connectivity index (χ1v) is 7.16. The van der Waals surface area contributed by atoms with Crippen molar-refractivity contribution < 1.29 is 5.11 Å². The van der Waals surface area contributed by atoms with Crippen LogP contribution in [0.25, 0.3) is 0 Å². The van der Waals surface area contributed by atoms with Gasteiger partial charge >= 0.3 is 0 Å². The number of rotatable bonds is 7. The van der Waals surface area contributed by atoms with Crippen LogP contribution in [0.15, 0.2) is 0 Å². The number of nitrogens with zero attached hydrogens (tertiary/aromatic N) is 2. The van der Waals surface area contributed by atoms with Gasteiger partial charge in [0.25, 0.3) is 0 Å². The molecule has 0 saturated heterocycles. The van der Waals surface area contributed by atoms with Gasteiger partial charge in [0.05, 0.1) is 6.61 Å². The molecule has 0 unspecified atom stereocenters. The summed E-state index contributed by atoms with van der Waals surface area (Å²) in [4.78, 5) is 2.24. The second-order valence-electron chi connectivity index (χ2n) is 4.63. The molecule has 0 atom stereocenters. The number of hydrogen-bond acceptors (Lipinski definition) is 5. The molecule has 2 rings (SSSR count). The third-order valence-corrected chi connectivity index (χ3v) is 4.10. The molecule has 1 aromatic rings. The van der Waals surface area contributed by atoms with Gasteiger partial charge in [-0.2, -0.15) is 4.37 Å². The summed E-state index contributed by atoms with van der Waals surface area (Å²) in [6.45, 7) is 4.03. The second-order valence-corrected chi connectivity index (χ2v) is 5.38. The van der Waals surface area contributed by atoms with Crippen LogP contribution in [-0.2, 0) is 0 Å². The standard InChI is InChI=1S/C12H21N3OS/c1-2-3-6-15(7-8-16)12-10(9-4-5-9)11(13)14-17-12/h9,16H,2-8H2,1H3,(H2,13,14). The molecule has 4 nitrogen and oxygen atoms in total. The lowest BCUT2D eigenvalue weighted by Gasteiger charge is -2.23. The Kier molecular flexibility index (Phi) is 4.23. The number of nitrogens with two attached hydrogens (primary N) is 1. The van der Waals surface area contributed by atoms with E-state index in [-0.39, 0.29) is 6.61 Å². The molecule has 1 fully saturated rings. The first-order valence-electron chi connectivity index (χ1n) is 6.38. The predicted molar refractivity (Wildman–Crippen MR) is 72.7 cm³/mol. The largest absolute Gasteiger partial charge is 0.395 e. The van der Waals surface area contributed by atoms with Crippen LogP contribution >= 0.6 is 11.5 Å². The molecule has 0 spiro atoms. The molecular weight excluding hydrogens is 234 g/mol. The summed E-state index contributed by atoms with van der Waals surface area (Å²) in [5, 5.41) is 10.3. The fraction of sp³-hybridized carbons (Fsp3) is 0.750. The fourth-order valence-electron chi connectivity index (χ4n) is 2.07. The zero-order valence-corrected chi connectivity index (χ0v) is 11.2. The SMILES string of the molecule is CCCCN(CCO)c1snc(N)c1C1CC1. The summed E-state index contributed by atoms with van der Waals surface area (Å²) < 4.78 is 4.29. The lowest BCUT2D eigenvalue weighted by Crippen LogP contribution is -2.27. The van der Waals surface area contributed by atoms with Crippen molar-refractivity contribution in [2.45, 2.75) is 38.5 Å². The van der Waals surface area contributed by atoms with E-state index in [2.05, 4.69) is 16.2 Å². The van der Waals surface area contributed by atoms with Gasteiger partial charge in [-0.15, -0.1) is 0 Å². The number of hydrogen-bond donors (Lipinski definition) is 2. The van der Waals surface area contributed by atoms with Crippen LogP contribution in [0.1, 0.15) is 44.1 Å². The average Bonchev–Trinajstić information content (AvgIpc) is 3.08. The van der Waals surface area contributed by atoms with Gasteiger partial charge in [0.15, 0.2) is 0 Å². The lowest BCUT2D eigenvalue weighted by molar-refractivity contribution is 0.301. The molecule has 96 valence electrons. The van der Waals surface area contributed by atoms with E-state index in [0.29, 0.717) is 18.3 Å². The Morgan fingerprint density at radius 1 is 1.47 bits per heavy atom. The van der Waals surface area contributed by atoms with Crippen molar-refractivity contribution in [1.82, 2.24) is 4.37 Å². The Morgan fingerprint density at radius 2 is 2.24 bits per heavy atom. The van der Waals surface area contributed by atoms with Gasteiger partial charge in [-0.3, -0.25) is 0 Å². The Bertz CT molecular complexity index is 363. The number of anilines is 2. The molecule has 1 aliphatic carbocycles. The molecular formula is C12H21N3OS. The van der Waals surface area contributed by atoms with Crippen LogP contribution in [0.4, 0.5) is 10.8 Å². The van der Waals surface area contributed by atoms with Crippen LogP contribution < -0.4 is 10.6 Å². The van der Waals surface area contributed by atoms with E-state index in [1.165, 1.54) is 34.9 Å². The second kappa shape index (κ2) is 5.69. The number of aliphatic hydroxyl groups is 1. The molecule has 1 saturated carbocycles. The van der Waals surface area contributed by atoms with E-state index < -0.39 is 0 Å². The zero-order chi connectivity index (χ0) is 12.3. The van der Waals surface area contributed by atoms with E-state index in [1.54, 1.807) is 0 Å². The number of nitrogen functional groups attached to an aromatic ring is 1. The molecule has 0 aliphatic heterocycles. The fourth-order valence-corrected chi connectivity index (χ4v) is 3.02. The molecule has 0 amide bonds. The van der Waals surface area contributed by atoms with Gasteiger partial charge in [0, 0.05) is 18.7 Å². The summed E-state index contributed by atoms with van der Waals surface area (Å²) in [6.07, 6.45) is 4.77. The molecule has 5 heteroatoms. The van der Waals surface area contributed by atoms with Crippen LogP contribution in [-0.4, -0.2) is 29.2 Å². The van der Waals surface area contributed by atoms with E-state index >= 15 is 0 Å². The van der Waals surface area contributed by atoms with Crippen LogP contribution in [0, 0.1) is 0 Å². The van der Waals surface area contributed by atoms with Crippen molar-refractivity contribution in [1.29, 1.82) is 0 Å². The van der Waals surface area contributed by atoms with Crippen LogP contribution in [0.3, 0.4) is 0 Å². The number of aliphatic hydroxyl groups excluding tert-OH is 1. The molecule has 1 heterocycles. The summed E-state index contributed by atoms with van der Waals surface area (Å²) >= 11 is 1.48. The highest BCUT2D eigenvalue weighted by Gasteiger charge is 2.32. The average molecular weight is 255 g/mol. The first-order chi connectivity index (χ1) is 8.27. The van der Waals surface area contributed by atoms with E-state index in [0.717, 1.165) is 19.4 Å². The summed E-state index contributed by atoms with van der Waals surface area (Å²) in [5.41, 5.74) is 7.19. The lowest BCUT2D eigenvalue weighted by atomic mass is 10.2. The van der Waals surface area contributed by atoms with Crippen molar-refractivity contribution in [2.24, 2.45) is 0 Å². The van der Waals surface area contributed by atoms with Crippen LogP contribution in [0.5, 0.6) is 0 Å². The van der Waals surface area contributed by atoms with E-state index in [9.17, 15) is 0 Å². The normalized spacial score (nSPS) is 15.2. The van der Waals surface area contributed by atoms with Gasteiger partial charge in [-0.05, 0) is 36.7 Å². The molecule has 0 radical (unpaired) electrons. The van der Waals surface area contributed by atoms with Crippen molar-refractivity contribution in [3.05, 3.63) is 5.56 Å². The molecule has 1 aromatic heterocycles. The predicted octanol–water partition coefficient (Wildman–Crippen LogP) is 2.20. The molecule has 3 N–H and O–H groups in total. The maximum atomic E-state index is 9.16. The highest BCUT2D eigenvalue weighted by molar-refractivity contribution is 7.10. The monoisotopic (exact) mass is 255 g/mol. The maximum Gasteiger partial charge on any atom is 0.142 e. The zero-order valence-electron chi connectivity index (χ0n) is 10.4. The van der Waals surface area contributed by atoms with Crippen molar-refractivity contribution in [3.8, 4) is 0 Å². The maximum absolute atomic E-state index is 9.16. The van der Waals surface area contributed by atoms with Crippen molar-refractivity contribution in [2.75, 3.05) is 30.3 Å². The minimum Gasteiger partial charge on any atom is -0.395 e. The summed E-state index contributed by atoms with van der Waals surface area (Å²) in [5.74, 6) is 1.32. The number of aromatic nitrogens is 1. The van der Waals surface area contributed by atoms with E-state index in [1.807, 2.05) is 0 Å². The van der Waals surface area contributed by atoms with Gasteiger partial charge in [-0.25, -0.2) is 0 Å². The molecule has 1 aliphatic rings. The van der Waals surface area contributed by atoms with Gasteiger partial charge in [0.1, 0.15) is 10.8 Å². The third kappa shape index (κ3) is 2.90. The Hall–Kier alpha value is -0.810. The Balaban J connectivity index is 2.16. The molecule has 17 heavy (non-hydrogen) atoms. The first kappa shape index (κ1) is 12.6. The minimum absolute atomic E-state index is 0.186. The highest BCUT2D eigenvalue weighted by atomic mass is 32.1. The number of unbranched alkanes of at least 4 members (excludes halogenated alkanes) is 1. The van der Waals surface area contributed by atoms with Crippen LogP contribution in [0.2, 0.25) is 0 Å². The van der Waals surface area contributed by atoms with E-state index in [4.69, 9.17) is 10.8 Å².